The maximum Gasteiger partial charge on any atom is 0.305 e. The minimum Gasteiger partial charge on any atom is -0.466 e. The van der Waals surface area contributed by atoms with E-state index in [1.807, 2.05) is 6.08 Å². The van der Waals surface area contributed by atoms with Crippen LogP contribution in [0.15, 0.2) is 24.3 Å². The van der Waals surface area contributed by atoms with Crippen LogP contribution in [0.3, 0.4) is 0 Å². The molecule has 0 heterocycles. The molecular formula is C53H101NO5. The van der Waals surface area contributed by atoms with Crippen molar-refractivity contribution >= 4 is 11.9 Å². The van der Waals surface area contributed by atoms with E-state index < -0.39 is 12.1 Å². The Labute approximate surface area is 367 Å². The molecule has 2 unspecified atom stereocenters. The molecule has 2 atom stereocenters. The van der Waals surface area contributed by atoms with Gasteiger partial charge in [0.15, 0.2) is 0 Å². The zero-order chi connectivity index (χ0) is 43.0. The largest absolute Gasteiger partial charge is 0.466 e. The van der Waals surface area contributed by atoms with Gasteiger partial charge in [-0.1, -0.05) is 231 Å². The number of aliphatic hydroxyl groups is 2. The molecule has 0 aromatic carbocycles. The number of carbonyl (C=O) groups excluding carboxylic acids is 2. The molecule has 0 rings (SSSR count). The highest BCUT2D eigenvalue weighted by molar-refractivity contribution is 5.76. The molecule has 0 fully saturated rings. The second-order valence-corrected chi connectivity index (χ2v) is 17.9. The summed E-state index contributed by atoms with van der Waals surface area (Å²) >= 11 is 0. The zero-order valence-corrected chi connectivity index (χ0v) is 39.5. The highest BCUT2D eigenvalue weighted by Gasteiger charge is 2.18. The number of nitrogens with one attached hydrogen (secondary N) is 1. The smallest absolute Gasteiger partial charge is 0.305 e. The first kappa shape index (κ1) is 57.3. The van der Waals surface area contributed by atoms with Gasteiger partial charge < -0.3 is 20.3 Å². The van der Waals surface area contributed by atoms with E-state index in [9.17, 15) is 19.8 Å². The predicted octanol–water partition coefficient (Wildman–Crippen LogP) is 15.5. The van der Waals surface area contributed by atoms with E-state index in [1.54, 1.807) is 6.08 Å². The molecule has 0 aromatic heterocycles. The zero-order valence-electron chi connectivity index (χ0n) is 39.5. The molecule has 1 amide bonds. The molecule has 0 aliphatic carbocycles. The summed E-state index contributed by atoms with van der Waals surface area (Å²) in [6.07, 6.45) is 57.5. The highest BCUT2D eigenvalue weighted by Crippen LogP contribution is 2.15. The number of amides is 1. The molecular weight excluding hydrogens is 731 g/mol. The van der Waals surface area contributed by atoms with Crippen LogP contribution in [-0.4, -0.2) is 47.4 Å². The van der Waals surface area contributed by atoms with E-state index in [0.717, 1.165) is 57.8 Å². The molecule has 6 nitrogen and oxygen atoms in total. The van der Waals surface area contributed by atoms with E-state index >= 15 is 0 Å². The van der Waals surface area contributed by atoms with Crippen LogP contribution < -0.4 is 5.32 Å². The quantitative estimate of drug-likeness (QED) is 0.0322. The third kappa shape index (κ3) is 45.7. The number of aliphatic hydroxyl groups excluding tert-OH is 2. The van der Waals surface area contributed by atoms with Crippen LogP contribution in [0.5, 0.6) is 0 Å². The third-order valence-electron chi connectivity index (χ3n) is 12.0. The van der Waals surface area contributed by atoms with Gasteiger partial charge in [-0.05, 0) is 57.8 Å². The Hall–Kier alpha value is -1.66. The van der Waals surface area contributed by atoms with Crippen LogP contribution >= 0.6 is 0 Å². The topological polar surface area (TPSA) is 95.9 Å². The van der Waals surface area contributed by atoms with Gasteiger partial charge in [0.25, 0.3) is 0 Å². The van der Waals surface area contributed by atoms with Gasteiger partial charge in [-0.3, -0.25) is 9.59 Å². The summed E-state index contributed by atoms with van der Waals surface area (Å²) in [6, 6.07) is -0.647. The van der Waals surface area contributed by atoms with Gasteiger partial charge >= 0.3 is 5.97 Å². The Morgan fingerprint density at radius 3 is 1.20 bits per heavy atom. The lowest BCUT2D eigenvalue weighted by atomic mass is 10.0. The molecule has 0 radical (unpaired) electrons. The standard InChI is InChI=1S/C53H101NO5/c1-3-5-7-9-11-13-15-17-19-20-21-22-23-25-27-31-35-39-43-47-53(58)59-48-44-40-36-32-28-30-34-38-42-46-52(57)54-50(49-55)51(56)45-41-37-33-29-26-24-18-16-14-12-10-8-6-4-2/h17,19,41,45,50-51,55-56H,3-16,18,20-40,42-44,46-49H2,1-2H3,(H,54,57)/b19-17-,45-41+. The number of carbonyl (C=O) groups is 2. The molecule has 6 heteroatoms. The number of ether oxygens (including phenoxy) is 1. The van der Waals surface area contributed by atoms with Gasteiger partial charge in [-0.15, -0.1) is 0 Å². The van der Waals surface area contributed by atoms with Gasteiger partial charge in [0.05, 0.1) is 25.4 Å². The Balaban J connectivity index is 3.50. The van der Waals surface area contributed by atoms with Gasteiger partial charge in [-0.25, -0.2) is 0 Å². The lowest BCUT2D eigenvalue weighted by Gasteiger charge is -2.20. The van der Waals surface area contributed by atoms with Crippen molar-refractivity contribution in [2.75, 3.05) is 13.2 Å². The van der Waals surface area contributed by atoms with Crippen LogP contribution in [-0.2, 0) is 14.3 Å². The van der Waals surface area contributed by atoms with E-state index in [4.69, 9.17) is 4.74 Å². The first-order valence-corrected chi connectivity index (χ1v) is 26.1. The van der Waals surface area contributed by atoms with Crippen molar-refractivity contribution in [1.82, 2.24) is 5.32 Å². The van der Waals surface area contributed by atoms with E-state index in [-0.39, 0.29) is 18.5 Å². The van der Waals surface area contributed by atoms with Gasteiger partial charge in [0, 0.05) is 12.8 Å². The number of esters is 1. The lowest BCUT2D eigenvalue weighted by molar-refractivity contribution is -0.143. The minimum absolute atomic E-state index is 0.0279. The van der Waals surface area contributed by atoms with E-state index in [1.165, 1.54) is 193 Å². The first-order chi connectivity index (χ1) is 29.0. The normalized spacial score (nSPS) is 12.8. The van der Waals surface area contributed by atoms with Crippen molar-refractivity contribution < 1.29 is 24.5 Å². The van der Waals surface area contributed by atoms with Crippen LogP contribution in [0, 0.1) is 0 Å². The van der Waals surface area contributed by atoms with E-state index in [2.05, 4.69) is 31.3 Å². The molecule has 0 aliphatic heterocycles. The van der Waals surface area contributed by atoms with Crippen LogP contribution in [0.4, 0.5) is 0 Å². The number of hydrogen-bond donors (Lipinski definition) is 3. The molecule has 0 bridgehead atoms. The fraction of sp³-hybridized carbons (Fsp3) is 0.887. The summed E-state index contributed by atoms with van der Waals surface area (Å²) in [4.78, 5) is 24.5. The first-order valence-electron chi connectivity index (χ1n) is 26.1. The van der Waals surface area contributed by atoms with Crippen molar-refractivity contribution in [2.24, 2.45) is 0 Å². The molecule has 0 saturated carbocycles. The number of allylic oxidation sites excluding steroid dienone is 3. The third-order valence-corrected chi connectivity index (χ3v) is 12.0. The fourth-order valence-electron chi connectivity index (χ4n) is 7.92. The predicted molar refractivity (Wildman–Crippen MR) is 255 cm³/mol. The molecule has 59 heavy (non-hydrogen) atoms. The number of unbranched alkanes of at least 4 members (excludes halogenated alkanes) is 35. The van der Waals surface area contributed by atoms with Crippen molar-refractivity contribution in [3.63, 3.8) is 0 Å². The Morgan fingerprint density at radius 2 is 0.797 bits per heavy atom. The molecule has 348 valence electrons. The summed E-state index contributed by atoms with van der Waals surface area (Å²) in [5, 5.41) is 23.0. The van der Waals surface area contributed by atoms with Crippen molar-refractivity contribution in [3.8, 4) is 0 Å². The van der Waals surface area contributed by atoms with Crippen LogP contribution in [0.2, 0.25) is 0 Å². The van der Waals surface area contributed by atoms with E-state index in [0.29, 0.717) is 19.4 Å². The maximum absolute atomic E-state index is 12.4. The van der Waals surface area contributed by atoms with Crippen molar-refractivity contribution in [3.05, 3.63) is 24.3 Å². The summed E-state index contributed by atoms with van der Waals surface area (Å²) in [7, 11) is 0. The SMILES string of the molecule is CCCCCCCC/C=C\CCCCCCCCCCCC(=O)OCCCCCCCCCCCC(=O)NC(CO)C(O)/C=C/CCCCCCCCCCCCCC. The summed E-state index contributed by atoms with van der Waals surface area (Å²) < 4.78 is 5.46. The number of hydrogen-bond acceptors (Lipinski definition) is 5. The molecule has 0 aliphatic rings. The molecule has 0 spiro atoms. The Bertz CT molecular complexity index is 920. The summed E-state index contributed by atoms with van der Waals surface area (Å²) in [5.74, 6) is -0.123. The monoisotopic (exact) mass is 832 g/mol. The van der Waals surface area contributed by atoms with Crippen LogP contribution in [0.1, 0.15) is 277 Å². The second-order valence-electron chi connectivity index (χ2n) is 17.9. The van der Waals surface area contributed by atoms with Gasteiger partial charge in [0.2, 0.25) is 5.91 Å². The number of rotatable bonds is 48. The second kappa shape index (κ2) is 49.0. The van der Waals surface area contributed by atoms with Crippen molar-refractivity contribution in [2.45, 2.75) is 289 Å². The maximum atomic E-state index is 12.4. The molecule has 0 aromatic rings. The van der Waals surface area contributed by atoms with Gasteiger partial charge in [0.1, 0.15) is 0 Å². The fourth-order valence-corrected chi connectivity index (χ4v) is 7.92. The summed E-state index contributed by atoms with van der Waals surface area (Å²) in [5.41, 5.74) is 0. The van der Waals surface area contributed by atoms with Crippen LogP contribution in [0.25, 0.3) is 0 Å². The molecule has 3 N–H and O–H groups in total. The summed E-state index contributed by atoms with van der Waals surface area (Å²) in [6.45, 7) is 4.83. The van der Waals surface area contributed by atoms with Gasteiger partial charge in [-0.2, -0.15) is 0 Å². The average molecular weight is 832 g/mol. The Kier molecular flexibility index (Phi) is 47.6. The van der Waals surface area contributed by atoms with Crippen molar-refractivity contribution in [1.29, 1.82) is 0 Å². The Morgan fingerprint density at radius 1 is 0.458 bits per heavy atom. The lowest BCUT2D eigenvalue weighted by Crippen LogP contribution is -2.45. The highest BCUT2D eigenvalue weighted by atomic mass is 16.5. The minimum atomic E-state index is -0.861. The average Bonchev–Trinajstić information content (AvgIpc) is 3.24. The molecule has 0 saturated heterocycles.